The fourth-order valence-corrected chi connectivity index (χ4v) is 17.0. The third kappa shape index (κ3) is 30.7. The van der Waals surface area contributed by atoms with E-state index < -0.39 is 193 Å². The fourth-order valence-electron chi connectivity index (χ4n) is 12.6. The van der Waals surface area contributed by atoms with E-state index in [0.29, 0.717) is 37.2 Å². The number of fused-ring (bicyclic) bond motifs is 2. The molecule has 41 nitrogen and oxygen atoms in total. The molecule has 0 spiro atoms. The first kappa shape index (κ1) is 96.2. The largest absolute Gasteiger partial charge is 0.481 e. The number of aromatic nitrogens is 2. The third-order valence-electron chi connectivity index (χ3n) is 19.4. The van der Waals surface area contributed by atoms with Crippen molar-refractivity contribution >= 4 is 183 Å². The summed E-state index contributed by atoms with van der Waals surface area (Å²) in [6.45, 7) is 4.96. The van der Waals surface area contributed by atoms with E-state index in [1.165, 1.54) is 72.6 Å². The molecule has 5 aromatic rings. The lowest BCUT2D eigenvalue weighted by Gasteiger charge is -2.32. The third-order valence-corrected chi connectivity index (χ3v) is 24.2. The molecule has 8 rings (SSSR count). The molecule has 654 valence electrons. The molecule has 45 heteroatoms. The molecule has 0 radical (unpaired) electrons. The number of nitrogens with two attached hydrogens (primary N) is 3. The summed E-state index contributed by atoms with van der Waals surface area (Å²) in [5, 5.41) is 61.1. The number of aliphatic carboxylic acids is 2. The molecule has 10 atom stereocenters. The second-order valence-electron chi connectivity index (χ2n) is 28.4. The van der Waals surface area contributed by atoms with Gasteiger partial charge in [-0.05, 0) is 114 Å². The number of anilines is 1. The number of aromatic amines is 2. The molecule has 121 heavy (non-hydrogen) atoms. The number of hydrogen-bond acceptors (Lipinski definition) is 24. The summed E-state index contributed by atoms with van der Waals surface area (Å²) < 4.78 is 0. The maximum absolute atomic E-state index is 14.1. The minimum atomic E-state index is -1.74. The molecule has 5 heterocycles. The van der Waals surface area contributed by atoms with Gasteiger partial charge in [0, 0.05) is 107 Å². The van der Waals surface area contributed by atoms with Crippen LogP contribution in [-0.2, 0) is 99.1 Å². The van der Waals surface area contributed by atoms with Crippen LogP contribution in [0.1, 0.15) is 89.3 Å². The Balaban J connectivity index is 0.000000334. The molecular weight excluding hydrogens is 1660 g/mol. The van der Waals surface area contributed by atoms with Gasteiger partial charge in [0.1, 0.15) is 66.3 Å². The normalized spacial score (nSPS) is 22.9. The first-order valence-electron chi connectivity index (χ1n) is 38.5. The standard InChI is InChI=1S/C39H49N11O10S2.C37H52N10O10S2/c1-20-39(60)50(13-11-23-17-43-26-6-4-3-5-25(23)26)21(2)36(57)49-29(35(42)56)19-62-61-14-12-30(51)47-27(15-31(52)46-24-9-7-22(8-10-24)34(40)41)37(58)44-18-32(53)48-28(16-33(54)55)38(59)45-20;1-20-37(57)47(13-9-23-16-40-25-6-4-3-5-24(23)25)21(2)33(53)46-28(32(38)52)19-59-58-14-10-29(48)45-27(17-41-34(54)22-7-11-39-12-8-22)35(55)42-18-30(49)44-26(15-31(50)51)36(56)43-20/h3-10,17,20-21,27-29,43H,11-16,18-19H2,1-2H3,(H3,40,41)(H2,42,56)(H,44,58)(H,45,59)(H,46,52)(H,47,51)(H,48,53)(H,49,57)(H,54,55);3-6,16,20-22,26-28,39-40H,7-15,17-19H2,1-2H3,(H2,38,52)(H,41,54)(H,42,55)(H,43,56)(H,44,49)(H,45,48)(H,46,53)(H,50,51)/t20-,21-,27-,28-,29-;20-,21-,26-,27-,28?/m00/s1. The van der Waals surface area contributed by atoms with Crippen LogP contribution in [0.3, 0.4) is 0 Å². The number of amides is 16. The molecule has 0 bridgehead atoms. The number of carbonyl (C=O) groups excluding carboxylic acids is 16. The summed E-state index contributed by atoms with van der Waals surface area (Å²) in [5.41, 5.74) is 20.8. The van der Waals surface area contributed by atoms with Gasteiger partial charge in [0.05, 0.1) is 32.4 Å². The average molecular weight is 1760 g/mol. The second kappa shape index (κ2) is 47.7. The number of piperidine rings is 1. The number of H-pyrrole nitrogens is 2. The predicted molar refractivity (Wildman–Crippen MR) is 450 cm³/mol. The Kier molecular flexibility index (Phi) is 37.9. The van der Waals surface area contributed by atoms with Crippen molar-refractivity contribution in [2.45, 2.75) is 146 Å². The van der Waals surface area contributed by atoms with Gasteiger partial charge in [0.2, 0.25) is 94.5 Å². The van der Waals surface area contributed by atoms with Crippen LogP contribution in [0.25, 0.3) is 21.8 Å². The van der Waals surface area contributed by atoms with Gasteiger partial charge in [-0.25, -0.2) is 0 Å². The molecule has 3 aromatic carbocycles. The van der Waals surface area contributed by atoms with E-state index in [-0.39, 0.29) is 86.0 Å². The van der Waals surface area contributed by atoms with E-state index in [0.717, 1.165) is 65.3 Å². The monoisotopic (exact) mass is 1760 g/mol. The van der Waals surface area contributed by atoms with Gasteiger partial charge in [0.25, 0.3) is 0 Å². The molecule has 1 unspecified atom stereocenters. The van der Waals surface area contributed by atoms with Crippen LogP contribution in [0.5, 0.6) is 0 Å². The molecule has 24 N–H and O–H groups in total. The Labute approximate surface area is 709 Å². The number of amidine groups is 1. The number of para-hydroxylation sites is 2. The Morgan fingerprint density at radius 1 is 0.496 bits per heavy atom. The van der Waals surface area contributed by atoms with E-state index in [4.69, 9.17) is 22.6 Å². The van der Waals surface area contributed by atoms with Crippen molar-refractivity contribution in [1.82, 2.24) is 83.6 Å². The summed E-state index contributed by atoms with van der Waals surface area (Å²) in [5.74, 6) is -15.8. The van der Waals surface area contributed by atoms with Gasteiger partial charge in [-0.15, -0.1) is 0 Å². The summed E-state index contributed by atoms with van der Waals surface area (Å²) in [4.78, 5) is 244. The van der Waals surface area contributed by atoms with Gasteiger partial charge in [-0.2, -0.15) is 0 Å². The maximum Gasteiger partial charge on any atom is 0.305 e. The number of nitrogens with zero attached hydrogens (tertiary/aromatic N) is 2. The van der Waals surface area contributed by atoms with E-state index in [1.807, 2.05) is 48.5 Å². The number of primary amides is 2. The van der Waals surface area contributed by atoms with Crippen molar-refractivity contribution in [2.75, 3.05) is 74.1 Å². The van der Waals surface area contributed by atoms with Crippen molar-refractivity contribution in [1.29, 1.82) is 5.41 Å². The van der Waals surface area contributed by atoms with Crippen LogP contribution < -0.4 is 86.3 Å². The van der Waals surface area contributed by atoms with Crippen LogP contribution in [0, 0.1) is 11.3 Å². The van der Waals surface area contributed by atoms with Gasteiger partial charge in [-0.3, -0.25) is 91.7 Å². The number of carbonyl (C=O) groups is 18. The molecule has 0 aliphatic carbocycles. The number of nitrogen functional groups attached to an aromatic ring is 1. The topological polar surface area (TPSA) is 644 Å². The molecule has 0 saturated carbocycles. The van der Waals surface area contributed by atoms with Gasteiger partial charge >= 0.3 is 11.9 Å². The highest BCUT2D eigenvalue weighted by Crippen LogP contribution is 2.26. The number of carboxylic acids is 2. The summed E-state index contributed by atoms with van der Waals surface area (Å²) in [6, 6.07) is 7.17. The summed E-state index contributed by atoms with van der Waals surface area (Å²) in [6.07, 6.45) is 2.60. The van der Waals surface area contributed by atoms with Crippen molar-refractivity contribution in [3.8, 4) is 0 Å². The quantitative estimate of drug-likeness (QED) is 0.0221. The highest BCUT2D eigenvalue weighted by atomic mass is 33.1. The number of nitrogens with one attached hydrogen (secondary N) is 16. The van der Waals surface area contributed by atoms with Gasteiger partial charge in [-0.1, -0.05) is 79.6 Å². The minimum Gasteiger partial charge on any atom is -0.481 e. The highest BCUT2D eigenvalue weighted by molar-refractivity contribution is 8.77. The predicted octanol–water partition coefficient (Wildman–Crippen LogP) is -3.08. The average Bonchev–Trinajstić information content (AvgIpc) is 1.72. The van der Waals surface area contributed by atoms with Gasteiger partial charge in [0.15, 0.2) is 0 Å². The van der Waals surface area contributed by atoms with Crippen LogP contribution in [-0.4, -0.2) is 272 Å². The molecule has 3 fully saturated rings. The van der Waals surface area contributed by atoms with Crippen molar-refractivity contribution < 1.29 is 96.5 Å². The summed E-state index contributed by atoms with van der Waals surface area (Å²) >= 11 is 0. The molecular formula is C76H101N21O20S4. The Morgan fingerprint density at radius 2 is 0.909 bits per heavy atom. The molecule has 3 saturated heterocycles. The van der Waals surface area contributed by atoms with Crippen LogP contribution in [0.4, 0.5) is 5.69 Å². The number of carboxylic acid groups (broad SMARTS) is 2. The molecule has 2 aromatic heterocycles. The first-order chi connectivity index (χ1) is 57.6. The Hall–Kier alpha value is -12.0. The van der Waals surface area contributed by atoms with E-state index in [2.05, 4.69) is 79.1 Å². The van der Waals surface area contributed by atoms with Crippen LogP contribution >= 0.6 is 43.2 Å². The Morgan fingerprint density at radius 3 is 1.34 bits per heavy atom. The van der Waals surface area contributed by atoms with E-state index in [1.54, 1.807) is 12.4 Å². The minimum absolute atomic E-state index is 0.00949. The summed E-state index contributed by atoms with van der Waals surface area (Å²) in [7, 11) is 4.65. The lowest BCUT2D eigenvalue weighted by atomic mass is 9.97. The Bertz CT molecular complexity index is 4620. The SMILES string of the molecule is C[C@@H]1NC(=O)[C@H](CC(=O)O)NC(=O)CNC(=O)[C@H](CC(=O)Nc2ccc(C(=N)N)cc2)NC(=O)CCSSC[C@@H](C(N)=O)NC(=O)[C@H](C)N(CCc2c[nH]c3ccccc23)C1=O.C[C@@H]1NC(=O)[C@H](CC(=O)O)NC(=O)CNC(=O)[C@H](CNC(=O)C2CCNCC2)NC(=O)CCSSCC(C(N)=O)NC(=O)[C@H](C)N(CCc2c[nH]c3ccccc23)C1=O. The first-order valence-corrected chi connectivity index (χ1v) is 43.4. The zero-order valence-electron chi connectivity index (χ0n) is 66.6. The smallest absolute Gasteiger partial charge is 0.305 e. The number of rotatable bonds is 19. The number of benzene rings is 3. The second-order valence-corrected chi connectivity index (χ2v) is 33.6. The van der Waals surface area contributed by atoms with Crippen molar-refractivity contribution in [3.05, 3.63) is 102 Å². The zero-order chi connectivity index (χ0) is 88.6. The molecule has 3 aliphatic heterocycles. The van der Waals surface area contributed by atoms with Crippen LogP contribution in [0.15, 0.2) is 85.2 Å². The van der Waals surface area contributed by atoms with Gasteiger partial charge < -0.3 is 116 Å². The van der Waals surface area contributed by atoms with Crippen LogP contribution in [0.2, 0.25) is 0 Å². The fraction of sp³-hybridized carbons (Fsp3) is 0.461. The van der Waals surface area contributed by atoms with Crippen molar-refractivity contribution in [2.24, 2.45) is 23.1 Å². The molecule has 3 aliphatic rings. The van der Waals surface area contributed by atoms with E-state index >= 15 is 0 Å². The van der Waals surface area contributed by atoms with Crippen molar-refractivity contribution in [3.63, 3.8) is 0 Å². The lowest BCUT2D eigenvalue weighted by molar-refractivity contribution is -0.144. The van der Waals surface area contributed by atoms with E-state index in [9.17, 15) is 96.5 Å². The lowest BCUT2D eigenvalue weighted by Crippen LogP contribution is -2.59. The molecule has 16 amide bonds. The number of hydrogen-bond donors (Lipinski definition) is 21. The highest BCUT2D eigenvalue weighted by Gasteiger charge is 2.38. The zero-order valence-corrected chi connectivity index (χ0v) is 69.8. The maximum atomic E-state index is 14.1.